The molecule has 0 aromatic carbocycles. The molecule has 1 rings (SSSR count). The number of rotatable bonds is 2. The average Bonchev–Trinajstić information content (AvgIpc) is 2.37. The molecule has 1 heterocycles. The third-order valence-electron chi connectivity index (χ3n) is 1.54. The van der Waals surface area contributed by atoms with E-state index in [1.165, 1.54) is 11.8 Å². The maximum absolute atomic E-state index is 4.95. The molecule has 105 valence electrons. The fourth-order valence-electron chi connectivity index (χ4n) is 0.809. The monoisotopic (exact) mass is 415 g/mol. The third kappa shape index (κ3) is 10.2. The maximum atomic E-state index is 4.95. The third-order valence-corrected chi connectivity index (χ3v) is 2.59. The van der Waals surface area contributed by atoms with Gasteiger partial charge in [-0.2, -0.15) is 5.10 Å². The van der Waals surface area contributed by atoms with E-state index in [-0.39, 0.29) is 20.6 Å². The molecule has 0 unspecified atom stereocenters. The van der Waals surface area contributed by atoms with E-state index in [0.29, 0.717) is 4.32 Å². The van der Waals surface area contributed by atoms with E-state index in [9.17, 15) is 0 Å². The summed E-state index contributed by atoms with van der Waals surface area (Å²) in [5.74, 6) is 0. The molecule has 0 atom stereocenters. The van der Waals surface area contributed by atoms with Gasteiger partial charge in [-0.25, -0.2) is 0 Å². The summed E-state index contributed by atoms with van der Waals surface area (Å²) in [4.78, 5) is 4.16. The molecule has 0 aliphatic rings. The molecular weight excluding hydrogens is 404 g/mol. The van der Waals surface area contributed by atoms with Crippen LogP contribution in [-0.4, -0.2) is 26.7 Å². The number of halogens is 2. The molecule has 4 nitrogen and oxygen atoms in total. The van der Waals surface area contributed by atoms with Gasteiger partial charge in [-0.15, -0.1) is 0 Å². The van der Waals surface area contributed by atoms with Crippen molar-refractivity contribution in [2.75, 3.05) is 6.26 Å². The second kappa shape index (κ2) is 13.7. The van der Waals surface area contributed by atoms with Crippen LogP contribution < -0.4 is 5.43 Å². The van der Waals surface area contributed by atoms with Crippen LogP contribution in [0.25, 0.3) is 0 Å². The van der Waals surface area contributed by atoms with Crippen LogP contribution in [0.1, 0.15) is 12.6 Å². The van der Waals surface area contributed by atoms with Crippen LogP contribution in [-0.2, 0) is 15.1 Å². The zero-order chi connectivity index (χ0) is 13.1. The Hall–Kier alpha value is 0.223. The van der Waals surface area contributed by atoms with Crippen LogP contribution >= 0.6 is 43.4 Å². The zero-order valence-corrected chi connectivity index (χ0v) is 14.3. The Labute approximate surface area is 132 Å². The number of thioether (sulfide) groups is 1. The van der Waals surface area contributed by atoms with Crippen LogP contribution in [0, 0.1) is 0 Å². The number of thiocarbonyl (C=S) groups is 1. The number of aromatic nitrogens is 1. The van der Waals surface area contributed by atoms with Crippen molar-refractivity contribution in [3.8, 4) is 0 Å². The molecule has 1 aromatic heterocycles. The maximum Gasteiger partial charge on any atom is -0.870 e. The first kappa shape index (κ1) is 20.5. The fourth-order valence-corrected chi connectivity index (χ4v) is 0.992. The molecule has 0 saturated heterocycles. The molecular formula is C9H12Cl2N3ORhS2-. The van der Waals surface area contributed by atoms with Crippen molar-refractivity contribution >= 4 is 53.4 Å². The molecule has 0 aliphatic carbocycles. The molecule has 0 aliphatic heterocycles. The minimum absolute atomic E-state index is 0. The molecule has 0 saturated carbocycles. The minimum atomic E-state index is -0.226. The van der Waals surface area contributed by atoms with Gasteiger partial charge in [0, 0.05) is 6.20 Å². The molecule has 2 N–H and O–H groups in total. The van der Waals surface area contributed by atoms with Gasteiger partial charge in [0.1, 0.15) is 0 Å². The summed E-state index contributed by atoms with van der Waals surface area (Å²) in [5.41, 5.74) is 4.45. The van der Waals surface area contributed by atoms with Crippen LogP contribution in [0.4, 0.5) is 0 Å². The van der Waals surface area contributed by atoms with Gasteiger partial charge >= 0.3 is 34.5 Å². The van der Waals surface area contributed by atoms with Gasteiger partial charge in [0.2, 0.25) is 0 Å². The Morgan fingerprint density at radius 1 is 1.50 bits per heavy atom. The van der Waals surface area contributed by atoms with Crippen LogP contribution in [0.3, 0.4) is 0 Å². The molecule has 0 spiro atoms. The topological polar surface area (TPSA) is 67.3 Å². The molecule has 0 bridgehead atoms. The normalized spacial score (nSPS) is 9.89. The Balaban J connectivity index is 0. The van der Waals surface area contributed by atoms with Crippen molar-refractivity contribution in [3.05, 3.63) is 30.1 Å². The number of hydrogen-bond acceptors (Lipinski definition) is 5. The zero-order valence-electron chi connectivity index (χ0n) is 9.56. The van der Waals surface area contributed by atoms with Crippen molar-refractivity contribution in [3.63, 3.8) is 0 Å². The summed E-state index contributed by atoms with van der Waals surface area (Å²) in [6, 6.07) is 5.70. The van der Waals surface area contributed by atoms with Crippen molar-refractivity contribution in [2.45, 2.75) is 6.92 Å². The molecule has 9 heteroatoms. The number of nitrogens with zero attached hydrogens (tertiary/aromatic N) is 2. The van der Waals surface area contributed by atoms with Gasteiger partial charge in [-0.3, -0.25) is 10.4 Å². The molecule has 0 amide bonds. The first-order chi connectivity index (χ1) is 8.15. The first-order valence-electron chi connectivity index (χ1n) is 4.29. The SMILES string of the molecule is CSC(=S)NN=C(C)c1ccccn1.[Cl][Rh][Cl].[OH-]. The Kier molecular flexibility index (Phi) is 15.6. The number of hydrogen-bond donors (Lipinski definition) is 1. The van der Waals surface area contributed by atoms with Crippen LogP contribution in [0.5, 0.6) is 0 Å². The molecule has 0 radical (unpaired) electrons. The summed E-state index contributed by atoms with van der Waals surface area (Å²) in [7, 11) is 9.67. The standard InChI is InChI=1S/C9H11N3S2.2ClH.H2O.Rh/c1-7(11-12-9(13)14-2)8-5-3-4-6-10-8;;;;/h3-6H,1-2H3,(H,12,13);2*1H;1H2;/q;;;;+2/p-3. The minimum Gasteiger partial charge on any atom is -0.870 e. The van der Waals surface area contributed by atoms with Gasteiger partial charge in [0.25, 0.3) is 0 Å². The second-order valence-corrected chi connectivity index (χ2v) is 6.53. The average molecular weight is 416 g/mol. The molecule has 0 fully saturated rings. The van der Waals surface area contributed by atoms with Gasteiger partial charge in [0.05, 0.1) is 11.4 Å². The van der Waals surface area contributed by atoms with Crippen molar-refractivity contribution < 1.29 is 20.6 Å². The molecule has 1 aromatic rings. The summed E-state index contributed by atoms with van der Waals surface area (Å²) in [6.07, 6.45) is 3.64. The number of nitrogens with one attached hydrogen (secondary N) is 1. The van der Waals surface area contributed by atoms with Gasteiger partial charge in [-0.1, -0.05) is 30.0 Å². The van der Waals surface area contributed by atoms with Crippen LogP contribution in [0.2, 0.25) is 0 Å². The molecule has 18 heavy (non-hydrogen) atoms. The van der Waals surface area contributed by atoms with Crippen LogP contribution in [0.15, 0.2) is 29.5 Å². The Morgan fingerprint density at radius 3 is 2.56 bits per heavy atom. The number of pyridine rings is 1. The summed E-state index contributed by atoms with van der Waals surface area (Å²) in [5, 5.41) is 4.11. The summed E-state index contributed by atoms with van der Waals surface area (Å²) in [6.45, 7) is 1.89. The van der Waals surface area contributed by atoms with E-state index in [1.54, 1.807) is 6.20 Å². The van der Waals surface area contributed by atoms with Crippen molar-refractivity contribution in [1.82, 2.24) is 10.4 Å². The van der Waals surface area contributed by atoms with Crippen molar-refractivity contribution in [2.24, 2.45) is 5.10 Å². The van der Waals surface area contributed by atoms with E-state index in [1.807, 2.05) is 31.4 Å². The quantitative estimate of drug-likeness (QED) is 0.347. The Bertz CT molecular complexity index is 368. The van der Waals surface area contributed by atoms with E-state index in [2.05, 4.69) is 15.5 Å². The largest absolute Gasteiger partial charge is 0.870 e. The van der Waals surface area contributed by atoms with E-state index >= 15 is 0 Å². The summed E-state index contributed by atoms with van der Waals surface area (Å²) < 4.78 is 0.653. The van der Waals surface area contributed by atoms with Crippen molar-refractivity contribution in [1.29, 1.82) is 0 Å². The van der Waals surface area contributed by atoms with Gasteiger partial charge < -0.3 is 5.48 Å². The predicted molar refractivity (Wildman–Crippen MR) is 79.3 cm³/mol. The van der Waals surface area contributed by atoms with Gasteiger partial charge in [-0.05, 0) is 25.3 Å². The van der Waals surface area contributed by atoms with E-state index < -0.39 is 0 Å². The second-order valence-electron chi connectivity index (χ2n) is 2.56. The summed E-state index contributed by atoms with van der Waals surface area (Å²) >= 11 is 6.18. The van der Waals surface area contributed by atoms with E-state index in [4.69, 9.17) is 31.6 Å². The predicted octanol–water partition coefficient (Wildman–Crippen LogP) is 3.24. The Morgan fingerprint density at radius 2 is 2.11 bits per heavy atom. The first-order valence-corrected chi connectivity index (χ1v) is 10.1. The van der Waals surface area contributed by atoms with E-state index in [0.717, 1.165) is 11.4 Å². The fraction of sp³-hybridized carbons (Fsp3) is 0.222. The smallest absolute Gasteiger partial charge is 0.870 e. The van der Waals surface area contributed by atoms with Gasteiger partial charge in [0.15, 0.2) is 4.32 Å². The number of hydrazone groups is 1.